The van der Waals surface area contributed by atoms with Gasteiger partial charge in [-0.2, -0.15) is 0 Å². The number of ether oxygens (including phenoxy) is 2. The summed E-state index contributed by atoms with van der Waals surface area (Å²) in [5, 5.41) is 5.52. The van der Waals surface area contributed by atoms with E-state index in [1.807, 2.05) is 30.3 Å². The Hall–Kier alpha value is -3.46. The molecule has 0 spiro atoms. The zero-order valence-corrected chi connectivity index (χ0v) is 19.2. The van der Waals surface area contributed by atoms with Gasteiger partial charge < -0.3 is 25.0 Å². The molecule has 0 radical (unpaired) electrons. The van der Waals surface area contributed by atoms with Crippen molar-refractivity contribution in [3.63, 3.8) is 0 Å². The van der Waals surface area contributed by atoms with Crippen molar-refractivity contribution in [2.45, 2.75) is 25.3 Å². The lowest BCUT2D eigenvalue weighted by atomic mass is 10.1. The summed E-state index contributed by atoms with van der Waals surface area (Å²) in [6.07, 6.45) is 0.554. The van der Waals surface area contributed by atoms with Crippen molar-refractivity contribution >= 4 is 35.1 Å². The fraction of sp³-hybridized carbons (Fsp3) is 0.333. The molecular weight excluding hydrogens is 442 g/mol. The van der Waals surface area contributed by atoms with Crippen LogP contribution < -0.4 is 15.4 Å². The summed E-state index contributed by atoms with van der Waals surface area (Å²) in [4.78, 5) is 38.8. The average Bonchev–Trinajstić information content (AvgIpc) is 2.81. The predicted octanol–water partition coefficient (Wildman–Crippen LogP) is 1.62. The standard InChI is InChI=1S/C24H27N3O5S/c1-31-19-9-7-18(8-10-19)15-21(28)26-24(33)27-13-12-25-23(30)20(27)16-22(29)32-14-11-17-5-3-2-4-6-17/h2-10,20H,11-16H2,1H3,(H,25,30)(H,26,28,33)/t20-/m1/s1. The molecule has 1 atom stereocenters. The van der Waals surface area contributed by atoms with Crippen LogP contribution in [0.25, 0.3) is 0 Å². The quantitative estimate of drug-likeness (QED) is 0.448. The Kier molecular flexibility index (Phi) is 8.77. The van der Waals surface area contributed by atoms with E-state index in [1.54, 1.807) is 36.3 Å². The second-order valence-corrected chi connectivity index (χ2v) is 7.93. The van der Waals surface area contributed by atoms with E-state index in [1.165, 1.54) is 0 Å². The van der Waals surface area contributed by atoms with Gasteiger partial charge in [0, 0.05) is 19.5 Å². The van der Waals surface area contributed by atoms with Crippen LogP contribution in [-0.4, -0.2) is 60.6 Å². The Bertz CT molecular complexity index is 981. The molecule has 0 aromatic heterocycles. The van der Waals surface area contributed by atoms with Crippen LogP contribution in [0.3, 0.4) is 0 Å². The Labute approximate surface area is 198 Å². The first-order valence-corrected chi connectivity index (χ1v) is 11.1. The molecule has 1 heterocycles. The molecular formula is C24H27N3O5S. The highest BCUT2D eigenvalue weighted by atomic mass is 32.1. The van der Waals surface area contributed by atoms with Gasteiger partial charge in [-0.25, -0.2) is 0 Å². The smallest absolute Gasteiger partial charge is 0.308 e. The molecule has 0 saturated carbocycles. The number of hydrogen-bond donors (Lipinski definition) is 2. The molecule has 0 aliphatic carbocycles. The fourth-order valence-corrected chi connectivity index (χ4v) is 3.80. The van der Waals surface area contributed by atoms with E-state index in [0.29, 0.717) is 25.3 Å². The Morgan fingerprint density at radius 2 is 1.85 bits per heavy atom. The van der Waals surface area contributed by atoms with Crippen molar-refractivity contribution in [1.29, 1.82) is 0 Å². The third-order valence-corrected chi connectivity index (χ3v) is 5.55. The Balaban J connectivity index is 1.52. The van der Waals surface area contributed by atoms with Crippen LogP contribution in [0.2, 0.25) is 0 Å². The van der Waals surface area contributed by atoms with Gasteiger partial charge in [0.1, 0.15) is 11.8 Å². The van der Waals surface area contributed by atoms with E-state index in [-0.39, 0.29) is 36.4 Å². The first-order chi connectivity index (χ1) is 16.0. The lowest BCUT2D eigenvalue weighted by Crippen LogP contribution is -2.60. The first kappa shape index (κ1) is 24.2. The van der Waals surface area contributed by atoms with Gasteiger partial charge in [-0.05, 0) is 35.5 Å². The minimum absolute atomic E-state index is 0.116. The molecule has 1 aliphatic heterocycles. The molecule has 2 N–H and O–H groups in total. The number of hydrogen-bond acceptors (Lipinski definition) is 6. The van der Waals surface area contributed by atoms with Crippen molar-refractivity contribution in [2.24, 2.45) is 0 Å². The molecule has 2 amide bonds. The SMILES string of the molecule is COc1ccc(CC(=O)NC(=S)N2CCNC(=O)[C@H]2CC(=O)OCCc2ccccc2)cc1. The molecule has 2 aromatic rings. The molecule has 1 aliphatic rings. The number of nitrogens with one attached hydrogen (secondary N) is 2. The second kappa shape index (κ2) is 12.0. The fourth-order valence-electron chi connectivity index (χ4n) is 3.47. The van der Waals surface area contributed by atoms with Crippen molar-refractivity contribution in [3.05, 3.63) is 65.7 Å². The lowest BCUT2D eigenvalue weighted by molar-refractivity contribution is -0.147. The van der Waals surface area contributed by atoms with Gasteiger partial charge in [-0.3, -0.25) is 14.4 Å². The van der Waals surface area contributed by atoms with Crippen LogP contribution in [0.4, 0.5) is 0 Å². The van der Waals surface area contributed by atoms with Crippen LogP contribution >= 0.6 is 12.2 Å². The van der Waals surface area contributed by atoms with Gasteiger partial charge in [-0.15, -0.1) is 0 Å². The molecule has 3 rings (SSSR count). The normalized spacial score (nSPS) is 15.4. The topological polar surface area (TPSA) is 97.0 Å². The van der Waals surface area contributed by atoms with Crippen molar-refractivity contribution in [1.82, 2.24) is 15.5 Å². The summed E-state index contributed by atoms with van der Waals surface area (Å²) in [7, 11) is 1.57. The van der Waals surface area contributed by atoms with Gasteiger partial charge >= 0.3 is 5.97 Å². The Morgan fingerprint density at radius 1 is 1.12 bits per heavy atom. The van der Waals surface area contributed by atoms with E-state index in [9.17, 15) is 14.4 Å². The number of methoxy groups -OCH3 is 1. The van der Waals surface area contributed by atoms with E-state index in [0.717, 1.165) is 11.1 Å². The van der Waals surface area contributed by atoms with Crippen LogP contribution in [0.5, 0.6) is 5.75 Å². The highest BCUT2D eigenvalue weighted by molar-refractivity contribution is 7.80. The molecule has 2 aromatic carbocycles. The van der Waals surface area contributed by atoms with Crippen LogP contribution in [-0.2, 0) is 32.0 Å². The summed E-state index contributed by atoms with van der Waals surface area (Å²) in [5.74, 6) is -0.425. The number of carbonyl (C=O) groups is 3. The zero-order valence-electron chi connectivity index (χ0n) is 18.4. The summed E-state index contributed by atoms with van der Waals surface area (Å²) >= 11 is 5.38. The highest BCUT2D eigenvalue weighted by Crippen LogP contribution is 2.13. The maximum absolute atomic E-state index is 12.5. The second-order valence-electron chi connectivity index (χ2n) is 7.54. The number of benzene rings is 2. The van der Waals surface area contributed by atoms with Crippen molar-refractivity contribution in [3.8, 4) is 5.75 Å². The van der Waals surface area contributed by atoms with Gasteiger partial charge in [0.15, 0.2) is 5.11 Å². The molecule has 1 fully saturated rings. The van der Waals surface area contributed by atoms with Gasteiger partial charge in [0.2, 0.25) is 11.8 Å². The van der Waals surface area contributed by atoms with Crippen LogP contribution in [0.15, 0.2) is 54.6 Å². The molecule has 9 heteroatoms. The monoisotopic (exact) mass is 469 g/mol. The number of carbonyl (C=O) groups excluding carboxylic acids is 3. The third kappa shape index (κ3) is 7.28. The van der Waals surface area contributed by atoms with Crippen LogP contribution in [0.1, 0.15) is 17.5 Å². The largest absolute Gasteiger partial charge is 0.497 e. The maximum Gasteiger partial charge on any atom is 0.308 e. The Morgan fingerprint density at radius 3 is 2.55 bits per heavy atom. The van der Waals surface area contributed by atoms with Crippen molar-refractivity contribution in [2.75, 3.05) is 26.8 Å². The number of thiocarbonyl (C=S) groups is 1. The minimum Gasteiger partial charge on any atom is -0.497 e. The average molecular weight is 470 g/mol. The summed E-state index contributed by atoms with van der Waals surface area (Å²) in [6, 6.07) is 16.0. The van der Waals surface area contributed by atoms with E-state index in [4.69, 9.17) is 21.7 Å². The highest BCUT2D eigenvalue weighted by Gasteiger charge is 2.34. The number of rotatable bonds is 8. The molecule has 33 heavy (non-hydrogen) atoms. The van der Waals surface area contributed by atoms with Gasteiger partial charge in [0.25, 0.3) is 0 Å². The third-order valence-electron chi connectivity index (χ3n) is 5.22. The van der Waals surface area contributed by atoms with E-state index < -0.39 is 12.0 Å². The molecule has 0 unspecified atom stereocenters. The number of amides is 2. The lowest BCUT2D eigenvalue weighted by Gasteiger charge is -2.36. The van der Waals surface area contributed by atoms with E-state index >= 15 is 0 Å². The summed E-state index contributed by atoms with van der Waals surface area (Å²) < 4.78 is 10.4. The van der Waals surface area contributed by atoms with Gasteiger partial charge in [-0.1, -0.05) is 42.5 Å². The minimum atomic E-state index is -0.836. The predicted molar refractivity (Wildman–Crippen MR) is 127 cm³/mol. The molecule has 174 valence electrons. The van der Waals surface area contributed by atoms with Crippen LogP contribution in [0, 0.1) is 0 Å². The maximum atomic E-state index is 12.5. The van der Waals surface area contributed by atoms with Crippen molar-refractivity contribution < 1.29 is 23.9 Å². The molecule has 0 bridgehead atoms. The number of nitrogens with zero attached hydrogens (tertiary/aromatic N) is 1. The molecule has 8 nitrogen and oxygen atoms in total. The molecule has 1 saturated heterocycles. The summed E-state index contributed by atoms with van der Waals surface area (Å²) in [5.41, 5.74) is 1.86. The number of piperazine rings is 1. The van der Waals surface area contributed by atoms with Gasteiger partial charge in [0.05, 0.1) is 26.6 Å². The first-order valence-electron chi connectivity index (χ1n) is 10.7. The zero-order chi connectivity index (χ0) is 23.6. The number of esters is 1. The van der Waals surface area contributed by atoms with E-state index in [2.05, 4.69) is 10.6 Å². The summed E-state index contributed by atoms with van der Waals surface area (Å²) in [6.45, 7) is 0.975.